The van der Waals surface area contributed by atoms with Crippen LogP contribution in [0, 0.1) is 11.8 Å². The first-order chi connectivity index (χ1) is 37.8. The minimum absolute atomic E-state index is 0.000918. The monoisotopic (exact) mass is 1080 g/mol. The number of unbranched alkanes of at least 4 members (excludes halogenated alkanes) is 2. The second-order valence-corrected chi connectivity index (χ2v) is 17.2. The van der Waals surface area contributed by atoms with Gasteiger partial charge in [0.2, 0.25) is 0 Å². The van der Waals surface area contributed by atoms with E-state index in [2.05, 4.69) is 13.2 Å². The molecule has 0 radical (unpaired) electrons. The highest BCUT2D eigenvalue weighted by Gasteiger charge is 2.33. The van der Waals surface area contributed by atoms with Gasteiger partial charge in [-0.2, -0.15) is 0 Å². The maximum Gasteiger partial charge on any atom is 0.343 e. The lowest BCUT2D eigenvalue weighted by atomic mass is 9.82. The molecule has 1 saturated carbocycles. The summed E-state index contributed by atoms with van der Waals surface area (Å²) >= 11 is 0. The maximum atomic E-state index is 13.5. The van der Waals surface area contributed by atoms with Crippen molar-refractivity contribution in [1.29, 1.82) is 0 Å². The van der Waals surface area contributed by atoms with E-state index in [0.717, 1.165) is 12.2 Å². The summed E-state index contributed by atoms with van der Waals surface area (Å²) in [5.41, 5.74) is 0.308. The van der Waals surface area contributed by atoms with Gasteiger partial charge in [0.05, 0.1) is 75.6 Å². The van der Waals surface area contributed by atoms with E-state index in [9.17, 15) is 38.4 Å². The van der Waals surface area contributed by atoms with Crippen LogP contribution in [-0.2, 0) is 61.9 Å². The Kier molecular flexibility index (Phi) is 28.8. The predicted octanol–water partition coefficient (Wildman–Crippen LogP) is 8.40. The minimum Gasteiger partial charge on any atom is -0.494 e. The highest BCUT2D eigenvalue weighted by Crippen LogP contribution is 2.33. The van der Waals surface area contributed by atoms with Crippen LogP contribution in [-0.4, -0.2) is 121 Å². The normalized spacial score (nSPS) is 14.0. The zero-order valence-electron chi connectivity index (χ0n) is 44.1. The fourth-order valence-electron chi connectivity index (χ4n) is 7.14. The highest BCUT2D eigenvalue weighted by molar-refractivity contribution is 5.97. The van der Waals surface area contributed by atoms with Crippen molar-refractivity contribution in [3.8, 4) is 23.0 Å². The van der Waals surface area contributed by atoms with Crippen LogP contribution in [0.2, 0.25) is 0 Å². The SMILES string of the molecule is C=CC(=O)OCCCCOc1ccc(C(=O)OCC/C=C\C(=C/CC(=O)OCCOC)OC(=O)C2CCC(C(=O)Oc3ccc(OC(=O)c4ccc(OCCCCOC(=O)C=C)cc4)c(C(=O)OCCCOC)c3)CC2)cc1. The van der Waals surface area contributed by atoms with E-state index in [1.165, 1.54) is 56.7 Å². The summed E-state index contributed by atoms with van der Waals surface area (Å²) in [6, 6.07) is 16.6. The molecule has 0 heterocycles. The molecular weight excluding hydrogens is 1020 g/mol. The van der Waals surface area contributed by atoms with Crippen LogP contribution in [0.25, 0.3) is 0 Å². The van der Waals surface area contributed by atoms with E-state index < -0.39 is 59.6 Å². The Morgan fingerprint density at radius 1 is 0.513 bits per heavy atom. The van der Waals surface area contributed by atoms with Gasteiger partial charge in [0, 0.05) is 39.4 Å². The van der Waals surface area contributed by atoms with Crippen molar-refractivity contribution in [2.45, 2.75) is 70.6 Å². The molecule has 3 aromatic rings. The lowest BCUT2D eigenvalue weighted by Gasteiger charge is -2.26. The fourth-order valence-corrected chi connectivity index (χ4v) is 7.14. The number of hydrogen-bond acceptors (Lipinski definition) is 20. The Labute approximate surface area is 453 Å². The molecule has 0 unspecified atom stereocenters. The number of carbonyl (C=O) groups is 8. The summed E-state index contributed by atoms with van der Waals surface area (Å²) in [4.78, 5) is 101. The molecule has 78 heavy (non-hydrogen) atoms. The number of allylic oxidation sites excluding steroid dienone is 1. The maximum absolute atomic E-state index is 13.5. The fraction of sp³-hybridized carbons (Fsp3) is 0.414. The highest BCUT2D eigenvalue weighted by atomic mass is 16.6. The first kappa shape index (κ1) is 62.4. The predicted molar refractivity (Wildman–Crippen MR) is 280 cm³/mol. The molecule has 0 bridgehead atoms. The van der Waals surface area contributed by atoms with Gasteiger partial charge < -0.3 is 56.8 Å². The Morgan fingerprint density at radius 2 is 1.04 bits per heavy atom. The first-order valence-electron chi connectivity index (χ1n) is 25.5. The molecule has 4 rings (SSSR count). The van der Waals surface area contributed by atoms with E-state index >= 15 is 0 Å². The largest absolute Gasteiger partial charge is 0.494 e. The van der Waals surface area contributed by atoms with Gasteiger partial charge in [0.25, 0.3) is 0 Å². The number of ether oxygens (including phenoxy) is 12. The van der Waals surface area contributed by atoms with Gasteiger partial charge in [-0.05, 0) is 137 Å². The van der Waals surface area contributed by atoms with Crippen LogP contribution >= 0.6 is 0 Å². The van der Waals surface area contributed by atoms with Crippen molar-refractivity contribution in [3.05, 3.63) is 133 Å². The first-order valence-corrected chi connectivity index (χ1v) is 25.5. The average Bonchev–Trinajstić information content (AvgIpc) is 3.46. The summed E-state index contributed by atoms with van der Waals surface area (Å²) in [5.74, 6) is -5.08. The van der Waals surface area contributed by atoms with Crippen molar-refractivity contribution in [1.82, 2.24) is 0 Å². The van der Waals surface area contributed by atoms with Gasteiger partial charge in [0.1, 0.15) is 40.9 Å². The minimum atomic E-state index is -0.829. The van der Waals surface area contributed by atoms with Crippen molar-refractivity contribution < 1.29 is 95.2 Å². The van der Waals surface area contributed by atoms with Gasteiger partial charge in [0.15, 0.2) is 0 Å². The number of rotatable bonds is 35. The molecule has 0 aliphatic heterocycles. The van der Waals surface area contributed by atoms with Gasteiger partial charge in [-0.3, -0.25) is 14.4 Å². The Hall–Kier alpha value is -8.10. The third-order valence-electron chi connectivity index (χ3n) is 11.4. The van der Waals surface area contributed by atoms with Crippen LogP contribution in [0.3, 0.4) is 0 Å². The summed E-state index contributed by atoms with van der Waals surface area (Å²) < 4.78 is 64.3. The molecule has 1 fully saturated rings. The Bertz CT molecular complexity index is 2500. The van der Waals surface area contributed by atoms with E-state index in [0.29, 0.717) is 69.0 Å². The number of carbonyl (C=O) groups excluding carboxylic acids is 8. The number of esters is 8. The summed E-state index contributed by atoms with van der Waals surface area (Å²) in [6.45, 7) is 8.51. The second kappa shape index (κ2) is 36.0. The smallest absolute Gasteiger partial charge is 0.343 e. The van der Waals surface area contributed by atoms with Gasteiger partial charge in [-0.25, -0.2) is 24.0 Å². The molecular formula is C58H68O20. The summed E-state index contributed by atoms with van der Waals surface area (Å²) in [6.07, 6.45) is 10.7. The van der Waals surface area contributed by atoms with E-state index in [-0.39, 0.29) is 107 Å². The van der Waals surface area contributed by atoms with E-state index in [4.69, 9.17) is 56.8 Å². The zero-order valence-corrected chi connectivity index (χ0v) is 44.1. The lowest BCUT2D eigenvalue weighted by molar-refractivity contribution is -0.148. The number of hydrogen-bond donors (Lipinski definition) is 0. The number of methoxy groups -OCH3 is 2. The van der Waals surface area contributed by atoms with Gasteiger partial charge in [-0.1, -0.05) is 19.2 Å². The summed E-state index contributed by atoms with van der Waals surface area (Å²) in [7, 11) is 2.98. The standard InChI is InChI=1S/C58H68O20/c1-5-51(59)71-34-11-9-32-69-45-23-19-41(20-24-45)54(62)74-36-8-7-14-47(28-30-53(61)73-39-38-68-4)76-55(63)42-15-17-43(18-16-42)56(64)77-48-27-29-50(49(40-48)58(66)75-37-13-31-67-3)78-57(65)44-21-25-46(26-22-44)70-33-10-12-35-72-52(60)6-2/h5-7,14,19-29,40,42-43H,1-2,8-13,15-18,30-39H2,3-4H3/b14-7-,47-28+. The number of benzene rings is 3. The molecule has 0 atom stereocenters. The summed E-state index contributed by atoms with van der Waals surface area (Å²) in [5, 5.41) is 0. The molecule has 0 N–H and O–H groups in total. The molecule has 20 nitrogen and oxygen atoms in total. The van der Waals surface area contributed by atoms with Crippen molar-refractivity contribution in [3.63, 3.8) is 0 Å². The van der Waals surface area contributed by atoms with Crippen LogP contribution in [0.4, 0.5) is 0 Å². The molecule has 1 aliphatic rings. The van der Waals surface area contributed by atoms with Crippen LogP contribution in [0.15, 0.2) is 116 Å². The van der Waals surface area contributed by atoms with E-state index in [1.807, 2.05) is 0 Å². The Balaban J connectivity index is 1.30. The second-order valence-electron chi connectivity index (χ2n) is 17.2. The van der Waals surface area contributed by atoms with Gasteiger partial charge >= 0.3 is 47.8 Å². The average molecular weight is 1090 g/mol. The molecule has 420 valence electrons. The molecule has 0 amide bonds. The van der Waals surface area contributed by atoms with Crippen molar-refractivity contribution >= 4 is 47.8 Å². The quantitative estimate of drug-likeness (QED) is 0.0102. The zero-order chi connectivity index (χ0) is 56.3. The lowest BCUT2D eigenvalue weighted by Crippen LogP contribution is -2.29. The topological polar surface area (TPSA) is 247 Å². The van der Waals surface area contributed by atoms with Crippen LogP contribution in [0.1, 0.15) is 102 Å². The van der Waals surface area contributed by atoms with E-state index in [1.54, 1.807) is 42.5 Å². The molecule has 20 heteroatoms. The van der Waals surface area contributed by atoms with Crippen LogP contribution < -0.4 is 18.9 Å². The third-order valence-corrected chi connectivity index (χ3v) is 11.4. The van der Waals surface area contributed by atoms with Crippen molar-refractivity contribution in [2.75, 3.05) is 73.7 Å². The van der Waals surface area contributed by atoms with Crippen molar-refractivity contribution in [2.24, 2.45) is 11.8 Å². The Morgan fingerprint density at radius 3 is 1.62 bits per heavy atom. The molecule has 0 spiro atoms. The van der Waals surface area contributed by atoms with Gasteiger partial charge in [-0.15, -0.1) is 0 Å². The molecule has 1 aliphatic carbocycles. The third kappa shape index (κ3) is 23.8. The molecule has 0 saturated heterocycles. The molecule has 0 aromatic heterocycles. The van der Waals surface area contributed by atoms with Crippen LogP contribution in [0.5, 0.6) is 23.0 Å². The molecule has 3 aromatic carbocycles.